The Kier molecular flexibility index (Phi) is 6.93. The summed E-state index contributed by atoms with van der Waals surface area (Å²) in [5.74, 6) is -1.79. The number of alkyl carbamates (subject to hydrolysis) is 1. The fourth-order valence-electron chi connectivity index (χ4n) is 4.02. The first-order valence-electron chi connectivity index (χ1n) is 10.7. The lowest BCUT2D eigenvalue weighted by molar-refractivity contribution is -0.124. The SMILES string of the molecule is COCC(NC(=O)OCC1c2ccccc2-c2ccccc21)C(=O)NCc1ccc(C(=O)O)o1. The monoisotopic (exact) mass is 464 g/mol. The summed E-state index contributed by atoms with van der Waals surface area (Å²) in [6.45, 7) is -0.00119. The molecule has 0 spiro atoms. The van der Waals surface area contributed by atoms with E-state index in [2.05, 4.69) is 10.6 Å². The lowest BCUT2D eigenvalue weighted by Gasteiger charge is -2.19. The highest BCUT2D eigenvalue weighted by Gasteiger charge is 2.29. The highest BCUT2D eigenvalue weighted by Crippen LogP contribution is 2.44. The van der Waals surface area contributed by atoms with Gasteiger partial charge in [0.1, 0.15) is 18.4 Å². The molecule has 0 bridgehead atoms. The topological polar surface area (TPSA) is 127 Å². The first-order chi connectivity index (χ1) is 16.5. The van der Waals surface area contributed by atoms with Crippen molar-refractivity contribution in [1.82, 2.24) is 10.6 Å². The van der Waals surface area contributed by atoms with Crippen molar-refractivity contribution in [1.29, 1.82) is 0 Å². The second kappa shape index (κ2) is 10.2. The smallest absolute Gasteiger partial charge is 0.407 e. The zero-order valence-electron chi connectivity index (χ0n) is 18.4. The van der Waals surface area contributed by atoms with Crippen LogP contribution in [0.5, 0.6) is 0 Å². The van der Waals surface area contributed by atoms with Gasteiger partial charge in [0, 0.05) is 13.0 Å². The highest BCUT2D eigenvalue weighted by atomic mass is 16.5. The quantitative estimate of drug-likeness (QED) is 0.444. The molecule has 34 heavy (non-hydrogen) atoms. The molecule has 0 radical (unpaired) electrons. The fourth-order valence-corrected chi connectivity index (χ4v) is 4.02. The summed E-state index contributed by atoms with van der Waals surface area (Å²) in [6.07, 6.45) is -0.745. The van der Waals surface area contributed by atoms with E-state index in [0.717, 1.165) is 22.3 Å². The Labute approximate surface area is 195 Å². The maximum atomic E-state index is 12.6. The molecule has 4 rings (SSSR count). The summed E-state index contributed by atoms with van der Waals surface area (Å²) in [6, 6.07) is 17.7. The van der Waals surface area contributed by atoms with Crippen molar-refractivity contribution in [2.75, 3.05) is 20.3 Å². The van der Waals surface area contributed by atoms with Crippen molar-refractivity contribution >= 4 is 18.0 Å². The maximum Gasteiger partial charge on any atom is 0.407 e. The number of carbonyl (C=O) groups excluding carboxylic acids is 2. The van der Waals surface area contributed by atoms with E-state index in [-0.39, 0.29) is 37.2 Å². The number of benzene rings is 2. The third-order valence-corrected chi connectivity index (χ3v) is 5.59. The largest absolute Gasteiger partial charge is 0.475 e. The minimum Gasteiger partial charge on any atom is -0.475 e. The van der Waals surface area contributed by atoms with Crippen LogP contribution in [-0.4, -0.2) is 49.4 Å². The van der Waals surface area contributed by atoms with E-state index < -0.39 is 24.0 Å². The number of carboxylic acids is 1. The van der Waals surface area contributed by atoms with Crippen LogP contribution in [0.2, 0.25) is 0 Å². The number of aromatic carboxylic acids is 1. The lowest BCUT2D eigenvalue weighted by Crippen LogP contribution is -2.49. The van der Waals surface area contributed by atoms with Crippen molar-refractivity contribution in [3.05, 3.63) is 83.3 Å². The third-order valence-electron chi connectivity index (χ3n) is 5.59. The minimum atomic E-state index is -1.20. The van der Waals surface area contributed by atoms with Crippen LogP contribution < -0.4 is 10.6 Å². The van der Waals surface area contributed by atoms with Gasteiger partial charge >= 0.3 is 12.1 Å². The normalized spacial score (nSPS) is 13.0. The molecule has 2 aromatic carbocycles. The Bertz CT molecular complexity index is 1160. The number of rotatable bonds is 9. The zero-order chi connectivity index (χ0) is 24.1. The van der Waals surface area contributed by atoms with Crippen molar-refractivity contribution < 1.29 is 33.4 Å². The van der Waals surface area contributed by atoms with Gasteiger partial charge in [0.05, 0.1) is 13.2 Å². The molecule has 3 N–H and O–H groups in total. The Morgan fingerprint density at radius 1 is 1.00 bits per heavy atom. The molecule has 1 unspecified atom stereocenters. The number of carboxylic acid groups (broad SMARTS) is 1. The van der Waals surface area contributed by atoms with E-state index in [1.807, 2.05) is 48.5 Å². The van der Waals surface area contributed by atoms with E-state index in [0.29, 0.717) is 0 Å². The Morgan fingerprint density at radius 2 is 1.65 bits per heavy atom. The molecule has 0 aliphatic heterocycles. The summed E-state index contributed by atoms with van der Waals surface area (Å²) in [5, 5.41) is 14.0. The number of hydrogen-bond acceptors (Lipinski definition) is 6. The van der Waals surface area contributed by atoms with Gasteiger partial charge < -0.3 is 29.6 Å². The Balaban J connectivity index is 1.35. The molecule has 9 nitrogen and oxygen atoms in total. The van der Waals surface area contributed by atoms with Gasteiger partial charge in [-0.25, -0.2) is 9.59 Å². The predicted molar refractivity (Wildman–Crippen MR) is 121 cm³/mol. The molecule has 2 amide bonds. The van der Waals surface area contributed by atoms with E-state index in [1.165, 1.54) is 19.2 Å². The molecular weight excluding hydrogens is 440 g/mol. The molecular formula is C25H24N2O7. The molecule has 1 aliphatic carbocycles. The highest BCUT2D eigenvalue weighted by molar-refractivity contribution is 5.86. The molecule has 176 valence electrons. The molecule has 0 saturated carbocycles. The molecule has 1 aromatic heterocycles. The molecule has 3 aromatic rings. The lowest BCUT2D eigenvalue weighted by atomic mass is 9.98. The number of fused-ring (bicyclic) bond motifs is 3. The number of carbonyl (C=O) groups is 3. The Morgan fingerprint density at radius 3 is 2.24 bits per heavy atom. The van der Waals surface area contributed by atoms with Crippen LogP contribution in [-0.2, 0) is 20.8 Å². The fraction of sp³-hybridized carbons (Fsp3) is 0.240. The number of furan rings is 1. The summed E-state index contributed by atoms with van der Waals surface area (Å²) in [4.78, 5) is 36.0. The number of methoxy groups -OCH3 is 1. The van der Waals surface area contributed by atoms with Gasteiger partial charge in [-0.15, -0.1) is 0 Å². The van der Waals surface area contributed by atoms with Crippen molar-refractivity contribution in [3.8, 4) is 11.1 Å². The van der Waals surface area contributed by atoms with Crippen LogP contribution >= 0.6 is 0 Å². The van der Waals surface area contributed by atoms with Gasteiger partial charge in [0.25, 0.3) is 0 Å². The van der Waals surface area contributed by atoms with Crippen molar-refractivity contribution in [2.24, 2.45) is 0 Å². The summed E-state index contributed by atoms with van der Waals surface area (Å²) < 4.78 is 15.7. The summed E-state index contributed by atoms with van der Waals surface area (Å²) in [7, 11) is 1.41. The summed E-state index contributed by atoms with van der Waals surface area (Å²) >= 11 is 0. The van der Waals surface area contributed by atoms with Gasteiger partial charge in [-0.3, -0.25) is 4.79 Å². The number of nitrogens with one attached hydrogen (secondary N) is 2. The van der Waals surface area contributed by atoms with Crippen molar-refractivity contribution in [2.45, 2.75) is 18.5 Å². The molecule has 0 saturated heterocycles. The van der Waals surface area contributed by atoms with Crippen molar-refractivity contribution in [3.63, 3.8) is 0 Å². The predicted octanol–water partition coefficient (Wildman–Crippen LogP) is 3.15. The standard InChI is InChI=1S/C25H24N2O7/c1-32-14-21(23(28)26-12-15-10-11-22(34-15)24(29)30)27-25(31)33-13-20-18-8-4-2-6-16(18)17-7-3-5-9-19(17)20/h2-11,20-21H,12-14H2,1H3,(H,26,28)(H,27,31)(H,29,30). The third kappa shape index (κ3) is 4.94. The van der Waals surface area contributed by atoms with E-state index in [1.54, 1.807) is 0 Å². The first kappa shape index (κ1) is 23.1. The van der Waals surface area contributed by atoms with E-state index >= 15 is 0 Å². The van der Waals surface area contributed by atoms with Gasteiger partial charge in [-0.2, -0.15) is 0 Å². The second-order valence-corrected chi connectivity index (χ2v) is 7.77. The Hall–Kier alpha value is -4.11. The van der Waals surface area contributed by atoms with Crippen LogP contribution in [0.4, 0.5) is 4.79 Å². The van der Waals surface area contributed by atoms with Crippen LogP contribution in [0, 0.1) is 0 Å². The van der Waals surface area contributed by atoms with Crippen LogP contribution in [0.1, 0.15) is 33.4 Å². The van der Waals surface area contributed by atoms with E-state index in [4.69, 9.17) is 19.0 Å². The van der Waals surface area contributed by atoms with E-state index in [9.17, 15) is 14.4 Å². The number of hydrogen-bond donors (Lipinski definition) is 3. The average Bonchev–Trinajstić information content (AvgIpc) is 3.44. The molecule has 1 atom stereocenters. The average molecular weight is 464 g/mol. The number of ether oxygens (including phenoxy) is 2. The van der Waals surface area contributed by atoms with Crippen LogP contribution in [0.15, 0.2) is 65.1 Å². The first-order valence-corrected chi connectivity index (χ1v) is 10.7. The maximum absolute atomic E-state index is 12.6. The van der Waals surface area contributed by atoms with Crippen LogP contribution in [0.3, 0.4) is 0 Å². The summed E-state index contributed by atoms with van der Waals surface area (Å²) in [5.41, 5.74) is 4.41. The zero-order valence-corrected chi connectivity index (χ0v) is 18.4. The molecule has 1 aliphatic rings. The van der Waals surface area contributed by atoms with Gasteiger partial charge in [0.15, 0.2) is 0 Å². The van der Waals surface area contributed by atoms with Crippen LogP contribution in [0.25, 0.3) is 11.1 Å². The second-order valence-electron chi connectivity index (χ2n) is 7.77. The van der Waals surface area contributed by atoms with Gasteiger partial charge in [0.2, 0.25) is 11.7 Å². The number of amides is 2. The minimum absolute atomic E-state index is 0.0430. The molecule has 1 heterocycles. The van der Waals surface area contributed by atoms with Gasteiger partial charge in [-0.05, 0) is 34.4 Å². The van der Waals surface area contributed by atoms with Gasteiger partial charge in [-0.1, -0.05) is 48.5 Å². The molecule has 0 fully saturated rings. The molecule has 9 heteroatoms.